The molecule has 2 bridgehead atoms. The minimum atomic E-state index is -0.255. The molecular formula is C21H24N2O4. The predicted molar refractivity (Wildman–Crippen MR) is 98.7 cm³/mol. The summed E-state index contributed by atoms with van der Waals surface area (Å²) in [5, 5.41) is 0. The minimum absolute atomic E-state index is 0.164. The molecule has 1 aromatic rings. The van der Waals surface area contributed by atoms with Gasteiger partial charge in [-0.25, -0.2) is 0 Å². The minimum Gasteiger partial charge on any atom is -0.491 e. The summed E-state index contributed by atoms with van der Waals surface area (Å²) in [6.45, 7) is 2.54. The Labute approximate surface area is 158 Å². The standard InChI is InChI=1S/C21H24N2O4/c1-13-5-3-4-6-16(13)27-10-9-22(2)17(24)12-23-20(25)18-14-7-8-15(11-14)19(18)21(23)26/h3-8,14-15,18-19H,9-12H2,1-2H3. The van der Waals surface area contributed by atoms with Crippen LogP contribution >= 0.6 is 0 Å². The van der Waals surface area contributed by atoms with Crippen LogP contribution in [0.1, 0.15) is 12.0 Å². The topological polar surface area (TPSA) is 66.9 Å². The smallest absolute Gasteiger partial charge is 0.242 e. The molecule has 1 aliphatic heterocycles. The fourth-order valence-electron chi connectivity index (χ4n) is 4.51. The monoisotopic (exact) mass is 368 g/mol. The highest BCUT2D eigenvalue weighted by molar-refractivity contribution is 6.08. The lowest BCUT2D eigenvalue weighted by Gasteiger charge is -2.22. The molecule has 0 spiro atoms. The number of hydrogen-bond acceptors (Lipinski definition) is 4. The van der Waals surface area contributed by atoms with Crippen LogP contribution in [-0.2, 0) is 14.4 Å². The van der Waals surface area contributed by atoms with Crippen LogP contribution in [0.3, 0.4) is 0 Å². The normalized spacial score (nSPS) is 28.0. The third-order valence-electron chi connectivity index (χ3n) is 6.06. The second-order valence-corrected chi connectivity index (χ2v) is 7.69. The average Bonchev–Trinajstić information content (AvgIpc) is 3.33. The number of likely N-dealkylation sites (N-methyl/N-ethyl adjacent to an activating group) is 1. The van der Waals surface area contributed by atoms with E-state index in [0.29, 0.717) is 13.2 Å². The Morgan fingerprint density at radius 2 is 1.78 bits per heavy atom. The van der Waals surface area contributed by atoms with Crippen molar-refractivity contribution in [3.05, 3.63) is 42.0 Å². The third-order valence-corrected chi connectivity index (χ3v) is 6.06. The Morgan fingerprint density at radius 3 is 2.41 bits per heavy atom. The van der Waals surface area contributed by atoms with Gasteiger partial charge in [0.15, 0.2) is 0 Å². The number of likely N-dealkylation sites (tertiary alicyclic amines) is 1. The Morgan fingerprint density at radius 1 is 1.15 bits per heavy atom. The van der Waals surface area contributed by atoms with Crippen molar-refractivity contribution in [1.82, 2.24) is 9.80 Å². The van der Waals surface area contributed by atoms with Crippen LogP contribution < -0.4 is 4.74 Å². The number of nitrogens with zero attached hydrogens (tertiary/aromatic N) is 2. The summed E-state index contributed by atoms with van der Waals surface area (Å²) < 4.78 is 5.72. The molecule has 0 aromatic heterocycles. The highest BCUT2D eigenvalue weighted by Gasteiger charge is 2.59. The van der Waals surface area contributed by atoms with Crippen LogP contribution in [0, 0.1) is 30.6 Å². The third kappa shape index (κ3) is 3.03. The lowest BCUT2D eigenvalue weighted by molar-refractivity contribution is -0.146. The van der Waals surface area contributed by atoms with Crippen molar-refractivity contribution in [1.29, 1.82) is 0 Å². The zero-order valence-corrected chi connectivity index (χ0v) is 15.6. The summed E-state index contributed by atoms with van der Waals surface area (Å²) in [5.41, 5.74) is 1.04. The van der Waals surface area contributed by atoms with Crippen molar-refractivity contribution in [2.75, 3.05) is 26.7 Å². The molecule has 3 aliphatic rings. The zero-order valence-electron chi connectivity index (χ0n) is 15.6. The number of benzene rings is 1. The van der Waals surface area contributed by atoms with Crippen LogP contribution in [0.2, 0.25) is 0 Å². The molecule has 4 rings (SSSR count). The summed E-state index contributed by atoms with van der Waals surface area (Å²) in [5.74, 6) is 0.00232. The molecule has 1 saturated carbocycles. The number of amides is 3. The second kappa shape index (κ2) is 6.83. The number of aryl methyl sites for hydroxylation is 1. The fourth-order valence-corrected chi connectivity index (χ4v) is 4.51. The van der Waals surface area contributed by atoms with Crippen molar-refractivity contribution >= 4 is 17.7 Å². The van der Waals surface area contributed by atoms with Gasteiger partial charge in [-0.2, -0.15) is 0 Å². The molecule has 2 fully saturated rings. The van der Waals surface area contributed by atoms with Gasteiger partial charge in [0.1, 0.15) is 18.9 Å². The van der Waals surface area contributed by atoms with Gasteiger partial charge in [-0.15, -0.1) is 0 Å². The van der Waals surface area contributed by atoms with Crippen molar-refractivity contribution in [2.24, 2.45) is 23.7 Å². The number of para-hydroxylation sites is 1. The van der Waals surface area contributed by atoms with Gasteiger partial charge in [0.25, 0.3) is 0 Å². The van der Waals surface area contributed by atoms with Crippen LogP contribution in [0.25, 0.3) is 0 Å². The van der Waals surface area contributed by atoms with Crippen LogP contribution in [0.15, 0.2) is 36.4 Å². The van der Waals surface area contributed by atoms with Crippen LogP contribution in [0.5, 0.6) is 5.75 Å². The van der Waals surface area contributed by atoms with Gasteiger partial charge < -0.3 is 9.64 Å². The Balaban J connectivity index is 1.31. The maximum absolute atomic E-state index is 12.7. The molecule has 1 saturated heterocycles. The first-order valence-electron chi connectivity index (χ1n) is 9.43. The number of hydrogen-bond donors (Lipinski definition) is 0. The van der Waals surface area contributed by atoms with Crippen LogP contribution in [-0.4, -0.2) is 54.3 Å². The van der Waals surface area contributed by atoms with Gasteiger partial charge >= 0.3 is 0 Å². The lowest BCUT2D eigenvalue weighted by atomic mass is 9.85. The van der Waals surface area contributed by atoms with Gasteiger partial charge in [0, 0.05) is 7.05 Å². The van der Waals surface area contributed by atoms with Crippen molar-refractivity contribution in [3.8, 4) is 5.75 Å². The lowest BCUT2D eigenvalue weighted by Crippen LogP contribution is -2.43. The summed E-state index contributed by atoms with van der Waals surface area (Å²) >= 11 is 0. The maximum atomic E-state index is 12.7. The van der Waals surface area contributed by atoms with Crippen molar-refractivity contribution in [2.45, 2.75) is 13.3 Å². The molecule has 1 aromatic carbocycles. The summed E-state index contributed by atoms with van der Waals surface area (Å²) in [7, 11) is 1.67. The highest BCUT2D eigenvalue weighted by Crippen LogP contribution is 2.52. The fraction of sp³-hybridized carbons (Fsp3) is 0.476. The molecule has 6 heteroatoms. The highest BCUT2D eigenvalue weighted by atomic mass is 16.5. The van der Waals surface area contributed by atoms with Crippen LogP contribution in [0.4, 0.5) is 0 Å². The molecule has 4 atom stereocenters. The molecule has 2 aliphatic carbocycles. The second-order valence-electron chi connectivity index (χ2n) is 7.69. The molecular weight excluding hydrogens is 344 g/mol. The van der Waals surface area contributed by atoms with E-state index in [1.165, 1.54) is 9.80 Å². The van der Waals surface area contributed by atoms with E-state index in [2.05, 4.69) is 12.2 Å². The number of ether oxygens (including phenoxy) is 1. The SMILES string of the molecule is Cc1ccccc1OCCN(C)C(=O)CN1C(=O)C2C3C=CC(C3)C2C1=O. The molecule has 142 valence electrons. The van der Waals surface area contributed by atoms with E-state index in [-0.39, 0.29) is 47.9 Å². The van der Waals surface area contributed by atoms with Gasteiger partial charge in [-0.05, 0) is 36.8 Å². The molecule has 6 nitrogen and oxygen atoms in total. The number of rotatable bonds is 6. The van der Waals surface area contributed by atoms with Gasteiger partial charge in [0.05, 0.1) is 18.4 Å². The molecule has 3 amide bonds. The number of allylic oxidation sites excluding steroid dienone is 2. The van der Waals surface area contributed by atoms with Gasteiger partial charge in [0.2, 0.25) is 17.7 Å². The first-order chi connectivity index (χ1) is 13.0. The number of fused-ring (bicyclic) bond motifs is 5. The van der Waals surface area contributed by atoms with E-state index in [1.807, 2.05) is 31.2 Å². The van der Waals surface area contributed by atoms with E-state index in [9.17, 15) is 14.4 Å². The Hall–Kier alpha value is -2.63. The molecule has 4 unspecified atom stereocenters. The number of carbonyl (C=O) groups is 3. The quantitative estimate of drug-likeness (QED) is 0.566. The molecule has 0 N–H and O–H groups in total. The molecule has 0 radical (unpaired) electrons. The van der Waals surface area contributed by atoms with E-state index < -0.39 is 0 Å². The first-order valence-corrected chi connectivity index (χ1v) is 9.43. The summed E-state index contributed by atoms with van der Waals surface area (Å²) in [6.07, 6.45) is 5.00. The molecule has 1 heterocycles. The summed E-state index contributed by atoms with van der Waals surface area (Å²) in [6, 6.07) is 7.70. The van der Waals surface area contributed by atoms with E-state index in [1.54, 1.807) is 7.05 Å². The zero-order chi connectivity index (χ0) is 19.1. The largest absolute Gasteiger partial charge is 0.491 e. The Bertz CT molecular complexity index is 788. The van der Waals surface area contributed by atoms with Gasteiger partial charge in [-0.1, -0.05) is 30.4 Å². The van der Waals surface area contributed by atoms with E-state index in [0.717, 1.165) is 17.7 Å². The molecule has 27 heavy (non-hydrogen) atoms. The van der Waals surface area contributed by atoms with E-state index >= 15 is 0 Å². The summed E-state index contributed by atoms with van der Waals surface area (Å²) in [4.78, 5) is 40.5. The predicted octanol–water partition coefficient (Wildman–Crippen LogP) is 1.64. The number of carbonyl (C=O) groups excluding carboxylic acids is 3. The van der Waals surface area contributed by atoms with Crippen molar-refractivity contribution < 1.29 is 19.1 Å². The maximum Gasteiger partial charge on any atom is 0.242 e. The van der Waals surface area contributed by atoms with E-state index in [4.69, 9.17) is 4.74 Å². The Kier molecular flexibility index (Phi) is 4.50. The average molecular weight is 368 g/mol. The first kappa shape index (κ1) is 17.8. The number of imide groups is 1. The van der Waals surface area contributed by atoms with Crippen molar-refractivity contribution in [3.63, 3.8) is 0 Å². The van der Waals surface area contributed by atoms with Gasteiger partial charge in [-0.3, -0.25) is 19.3 Å².